The number of aliphatic hydroxyl groups excluding tert-OH is 1. The van der Waals surface area contributed by atoms with Crippen LogP contribution < -0.4 is 9.62 Å². The highest BCUT2D eigenvalue weighted by molar-refractivity contribution is 8.00. The zero-order valence-electron chi connectivity index (χ0n) is 40.9. The Bertz CT molecular complexity index is 2750. The highest BCUT2D eigenvalue weighted by atomic mass is 35.5. The molecule has 0 fully saturated rings. The highest BCUT2D eigenvalue weighted by Crippen LogP contribution is 2.47. The third kappa shape index (κ3) is 14.6. The molecule has 5 aromatic rings. The standard InChI is InChI=1S/C34H34ClF5N6O4S2.C9H9F5N2.2C2H6/c1-33(2,52(5)50)11-10-23-6-7-24(29(42-23)27(41-19-48)16-20-14-21(36)17-22(37)15-20)25-8-9-26(35)28-30(25)45(18-34(38,39)40)43-31(28)46(51-4)32(49)44(3)12-13-47;1-2-16-7-5(3-4-8(7,10)11)6(15-16)9(12,13)14;2*1-2/h6-9,14-15,17,19,27,47H,12-13,16,18H2,1-5H3,(H,41,48);2-4H2,1H3;2*1-2H3. The molecule has 3 aromatic heterocycles. The van der Waals surface area contributed by atoms with E-state index in [0.717, 1.165) is 38.0 Å². The number of amides is 3. The molecule has 0 bridgehead atoms. The van der Waals surface area contributed by atoms with Crippen molar-refractivity contribution in [1.29, 1.82) is 0 Å². The number of alkyl halides is 8. The minimum atomic E-state index is -4.78. The average Bonchev–Trinajstić information content (AvgIpc) is 3.98. The van der Waals surface area contributed by atoms with Crippen molar-refractivity contribution in [1.82, 2.24) is 34.8 Å². The first-order chi connectivity index (χ1) is 33.7. The van der Waals surface area contributed by atoms with E-state index in [0.29, 0.717) is 17.2 Å². The Hall–Kier alpha value is -5.38. The molecule has 2 aromatic carbocycles. The topological polar surface area (TPSA) is 138 Å². The van der Waals surface area contributed by atoms with E-state index in [1.807, 2.05) is 27.7 Å². The molecule has 1 aliphatic carbocycles. The first-order valence-corrected chi connectivity index (χ1v) is 25.3. The lowest BCUT2D eigenvalue weighted by Gasteiger charge is -2.24. The van der Waals surface area contributed by atoms with Crippen LogP contribution in [0.5, 0.6) is 0 Å². The number of carbonyl (C=O) groups excluding carboxylic acids is 2. The monoisotopic (exact) mass is 1080 g/mol. The van der Waals surface area contributed by atoms with Gasteiger partial charge in [-0.1, -0.05) is 51.3 Å². The number of anilines is 1. The van der Waals surface area contributed by atoms with E-state index in [2.05, 4.69) is 32.3 Å². The predicted octanol–water partition coefficient (Wildman–Crippen LogP) is 11.3. The average molecular weight is 1090 g/mol. The van der Waals surface area contributed by atoms with Gasteiger partial charge in [-0.3, -0.25) is 18.4 Å². The third-order valence-electron chi connectivity index (χ3n) is 10.5. The Morgan fingerprint density at radius 3 is 2.15 bits per heavy atom. The smallest absolute Gasteiger partial charge is 0.395 e. The first-order valence-electron chi connectivity index (χ1n) is 22.2. The van der Waals surface area contributed by atoms with Gasteiger partial charge in [0.05, 0.1) is 34.3 Å². The molecule has 0 saturated carbocycles. The van der Waals surface area contributed by atoms with Crippen LogP contribution >= 0.6 is 23.5 Å². The Balaban J connectivity index is 0.000000570. The summed E-state index contributed by atoms with van der Waals surface area (Å²) < 4.78 is 149. The third-order valence-corrected chi connectivity index (χ3v) is 13.1. The van der Waals surface area contributed by atoms with E-state index >= 15 is 0 Å². The number of aryl methyl sites for hydroxylation is 1. The Morgan fingerprint density at radius 1 is 1.01 bits per heavy atom. The fourth-order valence-electron chi connectivity index (χ4n) is 7.17. The molecule has 0 spiro atoms. The van der Waals surface area contributed by atoms with Crippen molar-refractivity contribution < 1.29 is 62.8 Å². The largest absolute Gasteiger partial charge is 0.435 e. The van der Waals surface area contributed by atoms with Crippen LogP contribution in [0.1, 0.15) is 94.8 Å². The van der Waals surface area contributed by atoms with E-state index in [9.17, 15) is 62.8 Å². The molecule has 0 aliphatic heterocycles. The molecule has 1 aliphatic rings. The van der Waals surface area contributed by atoms with Crippen LogP contribution in [-0.2, 0) is 53.6 Å². The van der Waals surface area contributed by atoms with Gasteiger partial charge in [-0.25, -0.2) is 22.9 Å². The molecule has 0 saturated heterocycles. The number of benzene rings is 2. The van der Waals surface area contributed by atoms with Crippen LogP contribution in [0.15, 0.2) is 42.5 Å². The molecule has 2 atom stereocenters. The number of hydrogen-bond acceptors (Lipinski definition) is 8. The number of urea groups is 1. The van der Waals surface area contributed by atoms with Crippen LogP contribution in [0.3, 0.4) is 0 Å². The first kappa shape index (κ1) is 60.9. The van der Waals surface area contributed by atoms with Crippen molar-refractivity contribution in [3.8, 4) is 23.0 Å². The van der Waals surface area contributed by atoms with E-state index in [1.54, 1.807) is 13.8 Å². The number of aromatic nitrogens is 5. The van der Waals surface area contributed by atoms with Gasteiger partial charge < -0.3 is 15.3 Å². The SMILES string of the molecule is CC.CC.CCn1nc(C(F)(F)F)c2c1C(F)(F)CC2.CSN(C(=O)N(C)CCO)c1nn(CC(F)(F)F)c2c(-c3ccc(C#CC(C)(C)S(C)=O)nc3C(Cc3cc(F)cc(F)c3)NC=O)ccc(Cl)c12. The number of aliphatic hydroxyl groups is 1. The van der Waals surface area contributed by atoms with Gasteiger partial charge in [0.1, 0.15) is 34.3 Å². The molecule has 0 radical (unpaired) electrons. The lowest BCUT2D eigenvalue weighted by atomic mass is 9.94. The highest BCUT2D eigenvalue weighted by Gasteiger charge is 2.49. The summed E-state index contributed by atoms with van der Waals surface area (Å²) in [5.41, 5.74) is -1.59. The van der Waals surface area contributed by atoms with Crippen LogP contribution in [0.4, 0.5) is 54.5 Å². The Labute approximate surface area is 422 Å². The fraction of sp³-hybridized carbons (Fsp3) is 0.468. The molecular weight excluding hydrogens is 1030 g/mol. The van der Waals surface area contributed by atoms with Crippen molar-refractivity contribution >= 4 is 63.5 Å². The summed E-state index contributed by atoms with van der Waals surface area (Å²) in [5, 5.41) is 19.4. The summed E-state index contributed by atoms with van der Waals surface area (Å²) in [6, 6.07) is 6.84. The maximum Gasteiger partial charge on any atom is 0.435 e. The number of hydrogen-bond donors (Lipinski definition) is 2. The number of rotatable bonds is 13. The van der Waals surface area contributed by atoms with Gasteiger partial charge in [0.2, 0.25) is 6.41 Å². The van der Waals surface area contributed by atoms with Gasteiger partial charge >= 0.3 is 18.4 Å². The van der Waals surface area contributed by atoms with Gasteiger partial charge in [-0.15, -0.1) is 0 Å². The number of halogens is 11. The second-order valence-corrected chi connectivity index (χ2v) is 18.7. The summed E-state index contributed by atoms with van der Waals surface area (Å²) in [7, 11) is 0.0371. The molecular formula is C47H55ClF10N8O4S2. The maximum atomic E-state index is 14.2. The zero-order chi connectivity index (χ0) is 54.7. The maximum absolute atomic E-state index is 14.2. The number of fused-ring (bicyclic) bond motifs is 2. The number of likely N-dealkylation sites (N-methyl/N-ethyl adjacent to an activating group) is 1. The van der Waals surface area contributed by atoms with Gasteiger partial charge in [-0.2, -0.15) is 45.3 Å². The minimum Gasteiger partial charge on any atom is -0.395 e. The molecule has 72 heavy (non-hydrogen) atoms. The number of nitrogens with one attached hydrogen (secondary N) is 1. The number of carbonyl (C=O) groups is 2. The minimum absolute atomic E-state index is 0.00794. The van der Waals surface area contributed by atoms with Crippen LogP contribution in [-0.4, -0.2) is 94.8 Å². The second kappa shape index (κ2) is 25.5. The van der Waals surface area contributed by atoms with Crippen molar-refractivity contribution in [3.63, 3.8) is 0 Å². The van der Waals surface area contributed by atoms with Gasteiger partial charge in [0.15, 0.2) is 11.5 Å². The molecule has 2 N–H and O–H groups in total. The predicted molar refractivity (Wildman–Crippen MR) is 260 cm³/mol. The normalized spacial score (nSPS) is 13.7. The van der Waals surface area contributed by atoms with E-state index in [-0.39, 0.29) is 87.9 Å². The van der Waals surface area contributed by atoms with Crippen molar-refractivity contribution in [2.75, 3.05) is 37.0 Å². The summed E-state index contributed by atoms with van der Waals surface area (Å²) in [6.45, 7) is 10.8. The van der Waals surface area contributed by atoms with Crippen LogP contribution in [0.2, 0.25) is 5.02 Å². The molecule has 3 heterocycles. The number of pyridine rings is 1. The van der Waals surface area contributed by atoms with E-state index in [4.69, 9.17) is 11.6 Å². The quantitative estimate of drug-likeness (QED) is 0.0514. The van der Waals surface area contributed by atoms with Crippen molar-refractivity contribution in [2.45, 2.75) is 110 Å². The molecule has 12 nitrogen and oxygen atoms in total. The summed E-state index contributed by atoms with van der Waals surface area (Å²) >= 11 is 7.51. The summed E-state index contributed by atoms with van der Waals surface area (Å²) in [5.74, 6) is 0.621. The van der Waals surface area contributed by atoms with Crippen LogP contribution in [0, 0.1) is 23.5 Å². The van der Waals surface area contributed by atoms with Gasteiger partial charge in [-0.05, 0) is 87.4 Å². The second-order valence-electron chi connectivity index (χ2n) is 15.7. The summed E-state index contributed by atoms with van der Waals surface area (Å²) in [4.78, 5) is 31.2. The molecule has 396 valence electrons. The fourth-order valence-corrected chi connectivity index (χ4v) is 8.20. The van der Waals surface area contributed by atoms with E-state index in [1.165, 1.54) is 50.7 Å². The molecule has 25 heteroatoms. The number of nitrogens with zero attached hydrogens (tertiary/aromatic N) is 7. The molecule has 6 rings (SSSR count). The van der Waals surface area contributed by atoms with Gasteiger partial charge in [0.25, 0.3) is 5.92 Å². The molecule has 3 amide bonds. The van der Waals surface area contributed by atoms with Crippen molar-refractivity contribution in [2.24, 2.45) is 0 Å². The lowest BCUT2D eigenvalue weighted by Crippen LogP contribution is -2.39. The summed E-state index contributed by atoms with van der Waals surface area (Å²) in [6.07, 6.45) is -7.14. The Morgan fingerprint density at radius 2 is 1.62 bits per heavy atom. The van der Waals surface area contributed by atoms with Crippen LogP contribution in [0.25, 0.3) is 22.0 Å². The zero-order valence-corrected chi connectivity index (χ0v) is 43.3. The van der Waals surface area contributed by atoms with E-state index < -0.39 is 81.9 Å². The molecule has 2 unspecified atom stereocenters. The Kier molecular flexibility index (Phi) is 21.6. The van der Waals surface area contributed by atoms with Crippen molar-refractivity contribution in [3.05, 3.63) is 93.0 Å². The van der Waals surface area contributed by atoms with Gasteiger partial charge in [0, 0.05) is 72.6 Å². The lowest BCUT2D eigenvalue weighted by molar-refractivity contribution is -0.142.